The molecule has 0 unspecified atom stereocenters. The van der Waals surface area contributed by atoms with Crippen molar-refractivity contribution in [3.63, 3.8) is 0 Å². The van der Waals surface area contributed by atoms with E-state index in [4.69, 9.17) is 10.1 Å². The number of ketones is 1. The van der Waals surface area contributed by atoms with Crippen LogP contribution in [0, 0.1) is 11.5 Å². The van der Waals surface area contributed by atoms with Crippen LogP contribution in [0.25, 0.3) is 41.9 Å². The van der Waals surface area contributed by atoms with Crippen molar-refractivity contribution in [2.45, 2.75) is 86.2 Å². The number of nitrogens with zero attached hydrogens (tertiary/aromatic N) is 2. The van der Waals surface area contributed by atoms with Crippen LogP contribution in [-0.2, 0) is 36.7 Å². The maximum atomic E-state index is 13.5. The molecule has 47 heavy (non-hydrogen) atoms. The Morgan fingerprint density at radius 2 is 1.66 bits per heavy atom. The zero-order valence-electron chi connectivity index (χ0n) is 28.0. The van der Waals surface area contributed by atoms with Gasteiger partial charge in [0.15, 0.2) is 5.78 Å². The van der Waals surface area contributed by atoms with Crippen LogP contribution < -0.4 is 0 Å². The van der Waals surface area contributed by atoms with E-state index in [1.54, 1.807) is 17.5 Å². The first-order valence-corrected chi connectivity index (χ1v) is 16.7. The van der Waals surface area contributed by atoms with Gasteiger partial charge in [0.05, 0.1) is 21.1 Å². The molecule has 1 N–H and O–H groups in total. The number of fused-ring (bicyclic) bond motifs is 2. The molecule has 0 saturated heterocycles. The number of pyridine rings is 1. The largest absolute Gasteiger partial charge is 0.512 e. The van der Waals surface area contributed by atoms with E-state index in [9.17, 15) is 18.0 Å². The van der Waals surface area contributed by atoms with E-state index in [1.165, 1.54) is 61.6 Å². The Kier molecular flexibility index (Phi) is 12.0. The summed E-state index contributed by atoms with van der Waals surface area (Å²) < 4.78 is 41.7. The summed E-state index contributed by atoms with van der Waals surface area (Å²) in [5.74, 6) is 0.152. The van der Waals surface area contributed by atoms with Crippen LogP contribution in [0.4, 0.5) is 13.2 Å². The fraction of sp³-hybridized carbons (Fsp3) is 0.378. The Morgan fingerprint density at radius 1 is 1.00 bits per heavy atom. The van der Waals surface area contributed by atoms with Gasteiger partial charge in [-0.05, 0) is 42.2 Å². The van der Waals surface area contributed by atoms with E-state index >= 15 is 0 Å². The van der Waals surface area contributed by atoms with Gasteiger partial charge in [0.25, 0.3) is 0 Å². The first-order valence-electron chi connectivity index (χ1n) is 15.1. The molecule has 4 nitrogen and oxygen atoms in total. The molecule has 0 fully saturated rings. The maximum absolute atomic E-state index is 13.5. The molecule has 0 aliphatic carbocycles. The minimum Gasteiger partial charge on any atom is -0.512 e. The van der Waals surface area contributed by atoms with Crippen LogP contribution in [0.5, 0.6) is 0 Å². The molecule has 1 radical (unpaired) electrons. The Balaban J connectivity index is 0.000000677. The van der Waals surface area contributed by atoms with Gasteiger partial charge in [-0.1, -0.05) is 77.6 Å². The normalized spacial score (nSPS) is 12.7. The number of aromatic nitrogens is 2. The van der Waals surface area contributed by atoms with E-state index in [-0.39, 0.29) is 49.4 Å². The van der Waals surface area contributed by atoms with Gasteiger partial charge in [0, 0.05) is 60.3 Å². The van der Waals surface area contributed by atoms with Crippen molar-refractivity contribution in [3.05, 3.63) is 82.8 Å². The Hall–Kier alpha value is -2.91. The molecule has 253 valence electrons. The van der Waals surface area contributed by atoms with Crippen molar-refractivity contribution in [3.8, 4) is 21.0 Å². The van der Waals surface area contributed by atoms with E-state index < -0.39 is 11.6 Å². The third kappa shape index (κ3) is 8.77. The third-order valence-corrected chi connectivity index (χ3v) is 10.0. The number of hydrogen-bond acceptors (Lipinski definition) is 6. The van der Waals surface area contributed by atoms with Gasteiger partial charge >= 0.3 is 6.18 Å². The van der Waals surface area contributed by atoms with Crippen LogP contribution in [0.2, 0.25) is 0 Å². The molecule has 0 saturated carbocycles. The molecule has 0 aliphatic rings. The molecule has 10 heteroatoms. The van der Waals surface area contributed by atoms with Crippen molar-refractivity contribution < 1.29 is 43.2 Å². The SMILES string of the molecule is CC(=O)/C=C(/C)O.CC(C)c1c(-c2cnc(CC(C)(C)C(F)(F)F)s2)sc2c(-c3[c-]c4ccccc4c(C(C)(C)C)c3)nccc12.[Ir]. The molecule has 0 aliphatic heterocycles. The fourth-order valence-electron chi connectivity index (χ4n) is 5.24. The molecule has 0 atom stereocenters. The quantitative estimate of drug-likeness (QED) is 0.105. The zero-order chi connectivity index (χ0) is 34.2. The Morgan fingerprint density at radius 3 is 2.21 bits per heavy atom. The van der Waals surface area contributed by atoms with Crippen molar-refractivity contribution >= 4 is 49.3 Å². The number of alkyl halides is 3. The molecule has 3 heterocycles. The van der Waals surface area contributed by atoms with Gasteiger partial charge in [0.2, 0.25) is 0 Å². The number of aliphatic hydroxyl groups excluding tert-OH is 1. The van der Waals surface area contributed by atoms with Crippen molar-refractivity contribution in [1.82, 2.24) is 9.97 Å². The summed E-state index contributed by atoms with van der Waals surface area (Å²) in [7, 11) is 0. The first kappa shape index (κ1) is 38.5. The smallest absolute Gasteiger partial charge is 0.394 e. The summed E-state index contributed by atoms with van der Waals surface area (Å²) in [6.45, 7) is 16.3. The van der Waals surface area contributed by atoms with Crippen molar-refractivity contribution in [2.24, 2.45) is 5.41 Å². The number of halogens is 3. The summed E-state index contributed by atoms with van der Waals surface area (Å²) >= 11 is 3.00. The maximum Gasteiger partial charge on any atom is 0.394 e. The summed E-state index contributed by atoms with van der Waals surface area (Å²) in [6, 6.07) is 16.2. The first-order chi connectivity index (χ1) is 21.3. The third-order valence-electron chi connectivity index (χ3n) is 7.61. The summed E-state index contributed by atoms with van der Waals surface area (Å²) in [4.78, 5) is 21.2. The van der Waals surface area contributed by atoms with Gasteiger partial charge in [-0.2, -0.15) is 13.2 Å². The van der Waals surface area contributed by atoms with Gasteiger partial charge < -0.3 is 5.11 Å². The van der Waals surface area contributed by atoms with E-state index in [1.807, 2.05) is 12.3 Å². The number of aliphatic hydroxyl groups is 1. The van der Waals surface area contributed by atoms with Gasteiger partial charge in [-0.15, -0.1) is 51.8 Å². The predicted octanol–water partition coefficient (Wildman–Crippen LogP) is 11.6. The number of benzene rings is 2. The molecular formula is C37H40F3IrN2O2S2-. The number of carbonyl (C=O) groups is 1. The second-order valence-electron chi connectivity index (χ2n) is 13.5. The number of carbonyl (C=O) groups excluding carboxylic acids is 1. The minimum atomic E-state index is -4.29. The molecule has 2 aromatic carbocycles. The standard InChI is InChI=1S/C32H32F3N2S2.C5H8O2.Ir/c1-18(2)26-22-12-13-36-27(20-14-19-10-8-9-11-21(19)23(15-20)30(3,4)5)28(22)39-29(26)24-17-37-25(38-24)16-31(6,7)32(33,34)35;1-4(6)3-5(2)7;/h8-13,15,17-18H,16H2,1-7H3;3,6H,1-2H3;/q-1;;/b;4-3-;. The average Bonchev–Trinajstić information content (AvgIpc) is 3.55. The molecular weight excluding hydrogens is 818 g/mol. The Bertz CT molecular complexity index is 1910. The zero-order valence-corrected chi connectivity index (χ0v) is 32.0. The number of thiazole rings is 1. The van der Waals surface area contributed by atoms with Crippen LogP contribution in [-0.4, -0.2) is 27.0 Å². The van der Waals surface area contributed by atoms with Crippen LogP contribution in [0.3, 0.4) is 0 Å². The number of thiophene rings is 1. The van der Waals surface area contributed by atoms with Crippen LogP contribution in [0.15, 0.2) is 60.6 Å². The molecule has 5 aromatic rings. The second kappa shape index (κ2) is 14.7. The van der Waals surface area contributed by atoms with Gasteiger partial charge in [-0.25, -0.2) is 4.98 Å². The minimum absolute atomic E-state index is 0. The molecule has 3 aromatic heterocycles. The molecule has 0 spiro atoms. The monoisotopic (exact) mass is 858 g/mol. The van der Waals surface area contributed by atoms with E-state index in [0.717, 1.165) is 36.5 Å². The number of allylic oxidation sites excluding steroid dienone is 2. The average molecular weight is 858 g/mol. The van der Waals surface area contributed by atoms with Crippen LogP contribution in [0.1, 0.15) is 84.4 Å². The molecule has 0 amide bonds. The number of hydrogen-bond donors (Lipinski definition) is 1. The predicted molar refractivity (Wildman–Crippen MR) is 186 cm³/mol. The summed E-state index contributed by atoms with van der Waals surface area (Å²) in [6.07, 6.45) is 0.319. The Labute approximate surface area is 296 Å². The van der Waals surface area contributed by atoms with Gasteiger partial charge in [0.1, 0.15) is 0 Å². The fourth-order valence-corrected chi connectivity index (χ4v) is 7.95. The topological polar surface area (TPSA) is 63.1 Å². The van der Waals surface area contributed by atoms with Crippen molar-refractivity contribution in [2.75, 3.05) is 0 Å². The van der Waals surface area contributed by atoms with E-state index in [2.05, 4.69) is 76.0 Å². The molecule has 5 rings (SSSR count). The van der Waals surface area contributed by atoms with Gasteiger partial charge in [-0.3, -0.25) is 9.78 Å². The number of rotatable bonds is 6. The summed E-state index contributed by atoms with van der Waals surface area (Å²) in [5.41, 5.74) is 2.35. The van der Waals surface area contributed by atoms with E-state index in [0.29, 0.717) is 5.01 Å². The second-order valence-corrected chi connectivity index (χ2v) is 15.6. The van der Waals surface area contributed by atoms with Crippen LogP contribution >= 0.6 is 22.7 Å². The van der Waals surface area contributed by atoms with Crippen molar-refractivity contribution in [1.29, 1.82) is 0 Å². The summed E-state index contributed by atoms with van der Waals surface area (Å²) in [5, 5.41) is 12.2. The molecule has 0 bridgehead atoms.